The van der Waals surface area contributed by atoms with Gasteiger partial charge in [-0.05, 0) is 61.0 Å². The summed E-state index contributed by atoms with van der Waals surface area (Å²) in [4.78, 5) is 15.8. The number of hydrogen-bond acceptors (Lipinski definition) is 2. The van der Waals surface area contributed by atoms with Crippen LogP contribution in [0.1, 0.15) is 28.6 Å². The number of nitrogens with zero attached hydrogens (tertiary/aromatic N) is 4. The van der Waals surface area contributed by atoms with Crippen LogP contribution in [0.2, 0.25) is 0 Å². The van der Waals surface area contributed by atoms with E-state index < -0.39 is 0 Å². The monoisotopic (exact) mass is 537 g/mol. The van der Waals surface area contributed by atoms with Crippen LogP contribution in [0.5, 0.6) is 0 Å². The normalized spacial score (nSPS) is 14.6. The smallest absolute Gasteiger partial charge is 0.308 e. The highest BCUT2D eigenvalue weighted by Gasteiger charge is 2.35. The van der Waals surface area contributed by atoms with Crippen LogP contribution in [-0.2, 0) is 6.54 Å². The Morgan fingerprint density at radius 3 is 2.33 bits per heavy atom. The van der Waals surface area contributed by atoms with Crippen LogP contribution < -0.4 is 5.32 Å². The largest absolute Gasteiger partial charge is 0.322 e. The molecule has 0 unspecified atom stereocenters. The van der Waals surface area contributed by atoms with E-state index in [9.17, 15) is 4.79 Å². The fourth-order valence-corrected chi connectivity index (χ4v) is 5.13. The van der Waals surface area contributed by atoms with Crippen molar-refractivity contribution >= 4 is 27.6 Å². The number of urea groups is 1. The van der Waals surface area contributed by atoms with E-state index in [0.29, 0.717) is 6.54 Å². The van der Waals surface area contributed by atoms with E-state index in [4.69, 9.17) is 5.10 Å². The maximum atomic E-state index is 13.9. The number of hydrogen-bond donors (Lipinski definition) is 1. The van der Waals surface area contributed by atoms with Crippen molar-refractivity contribution in [1.82, 2.24) is 19.2 Å². The number of aromatic nitrogens is 3. The molecule has 5 aromatic rings. The topological polar surface area (TPSA) is 55.1 Å². The first-order chi connectivity index (χ1) is 17.6. The Morgan fingerprint density at radius 1 is 0.917 bits per heavy atom. The number of carbonyl (C=O) groups excluding carboxylic acids is 1. The highest BCUT2D eigenvalue weighted by Crippen LogP contribution is 2.38. The molecule has 2 aromatic heterocycles. The number of benzene rings is 3. The van der Waals surface area contributed by atoms with Crippen LogP contribution in [-0.4, -0.2) is 25.3 Å². The Labute approximate surface area is 217 Å². The quantitative estimate of drug-likeness (QED) is 0.273. The second kappa shape index (κ2) is 9.17. The predicted molar refractivity (Wildman–Crippen MR) is 145 cm³/mol. The van der Waals surface area contributed by atoms with Crippen LogP contribution in [0.15, 0.2) is 108 Å². The lowest BCUT2D eigenvalue weighted by Crippen LogP contribution is -2.38. The maximum absolute atomic E-state index is 13.9. The van der Waals surface area contributed by atoms with Gasteiger partial charge >= 0.3 is 6.03 Å². The molecule has 7 heteroatoms. The molecule has 2 amide bonds. The molecule has 6 nitrogen and oxygen atoms in total. The highest BCUT2D eigenvalue weighted by atomic mass is 79.9. The molecule has 1 aliphatic rings. The van der Waals surface area contributed by atoms with Crippen molar-refractivity contribution in [3.05, 3.63) is 130 Å². The number of carbonyl (C=O) groups is 1. The first-order valence-corrected chi connectivity index (χ1v) is 12.6. The minimum absolute atomic E-state index is 0.168. The number of nitrogens with one attached hydrogen (secondary N) is 1. The molecule has 1 atom stereocenters. The van der Waals surface area contributed by atoms with E-state index in [0.717, 1.165) is 44.2 Å². The molecule has 0 saturated heterocycles. The molecule has 0 fully saturated rings. The third-order valence-electron chi connectivity index (χ3n) is 6.56. The van der Waals surface area contributed by atoms with Gasteiger partial charge in [-0.3, -0.25) is 0 Å². The number of rotatable bonds is 3. The first-order valence-electron chi connectivity index (χ1n) is 11.8. The van der Waals surface area contributed by atoms with Crippen LogP contribution in [0, 0.1) is 6.92 Å². The molecule has 0 aliphatic carbocycles. The van der Waals surface area contributed by atoms with E-state index in [2.05, 4.69) is 50.2 Å². The SMILES string of the molecule is Cc1nn(-c2ccccc2)c2c1CN(C(=O)Nc1ccc(Br)cc1)[C@@H](c1ccccc1)c1cccn1-2. The van der Waals surface area contributed by atoms with Crippen molar-refractivity contribution < 1.29 is 4.79 Å². The first kappa shape index (κ1) is 22.4. The van der Waals surface area contributed by atoms with Gasteiger partial charge in [0.15, 0.2) is 0 Å². The summed E-state index contributed by atoms with van der Waals surface area (Å²) in [5.74, 6) is 0.957. The molecule has 0 bridgehead atoms. The lowest BCUT2D eigenvalue weighted by atomic mass is 10.0. The van der Waals surface area contributed by atoms with Crippen LogP contribution >= 0.6 is 15.9 Å². The third-order valence-corrected chi connectivity index (χ3v) is 7.09. The van der Waals surface area contributed by atoms with Gasteiger partial charge in [-0.15, -0.1) is 0 Å². The molecule has 178 valence electrons. The van der Waals surface area contributed by atoms with Gasteiger partial charge in [-0.25, -0.2) is 9.48 Å². The Kier molecular flexibility index (Phi) is 5.70. The van der Waals surface area contributed by atoms with Crippen LogP contribution in [0.4, 0.5) is 10.5 Å². The molecule has 1 N–H and O–H groups in total. The zero-order chi connectivity index (χ0) is 24.6. The molecule has 0 radical (unpaired) electrons. The fourth-order valence-electron chi connectivity index (χ4n) is 4.86. The molecule has 0 spiro atoms. The highest BCUT2D eigenvalue weighted by molar-refractivity contribution is 9.10. The molecule has 1 aliphatic heterocycles. The molecule has 3 aromatic carbocycles. The fraction of sp³-hybridized carbons (Fsp3) is 0.103. The van der Waals surface area contributed by atoms with Gasteiger partial charge < -0.3 is 14.8 Å². The predicted octanol–water partition coefficient (Wildman–Crippen LogP) is 6.87. The van der Waals surface area contributed by atoms with E-state index in [1.54, 1.807) is 0 Å². The lowest BCUT2D eigenvalue weighted by molar-refractivity contribution is 0.194. The van der Waals surface area contributed by atoms with Gasteiger partial charge in [0.25, 0.3) is 0 Å². The van der Waals surface area contributed by atoms with Crippen molar-refractivity contribution in [3.8, 4) is 11.5 Å². The van der Waals surface area contributed by atoms with Crippen molar-refractivity contribution in [2.24, 2.45) is 0 Å². The van der Waals surface area contributed by atoms with E-state index in [-0.39, 0.29) is 12.1 Å². The molecular formula is C29H24BrN5O. The Bertz CT molecular complexity index is 1520. The molecule has 6 rings (SSSR count). The summed E-state index contributed by atoms with van der Waals surface area (Å²) in [6, 6.07) is 31.6. The summed E-state index contributed by atoms with van der Waals surface area (Å²) < 4.78 is 5.11. The number of amides is 2. The van der Waals surface area contributed by atoms with E-state index in [1.165, 1.54) is 0 Å². The lowest BCUT2D eigenvalue weighted by Gasteiger charge is -2.31. The second-order valence-electron chi connectivity index (χ2n) is 8.82. The van der Waals surface area contributed by atoms with Crippen molar-refractivity contribution in [3.63, 3.8) is 0 Å². The summed E-state index contributed by atoms with van der Waals surface area (Å²) in [5.41, 5.74) is 5.68. The standard InChI is InChI=1S/C29H24BrN5O/c1-20-25-19-34(29(36)31-23-16-14-22(30)15-17-23)27(21-9-4-2-5-10-21)26-13-8-18-33(26)28(25)35(32-20)24-11-6-3-7-12-24/h2-18,27H,19H2,1H3,(H,31,36)/t27-/m0/s1. The third kappa shape index (κ3) is 3.91. The molecule has 0 saturated carbocycles. The van der Waals surface area contributed by atoms with Crippen molar-refractivity contribution in [2.45, 2.75) is 19.5 Å². The zero-order valence-corrected chi connectivity index (χ0v) is 21.3. The van der Waals surface area contributed by atoms with Gasteiger partial charge in [0.1, 0.15) is 5.82 Å². The summed E-state index contributed by atoms with van der Waals surface area (Å²) in [7, 11) is 0. The summed E-state index contributed by atoms with van der Waals surface area (Å²) in [6.45, 7) is 2.42. The number of fused-ring (bicyclic) bond motifs is 3. The Balaban J connectivity index is 1.52. The molecule has 3 heterocycles. The Hall–Kier alpha value is -4.10. The van der Waals surface area contributed by atoms with Crippen LogP contribution in [0.3, 0.4) is 0 Å². The number of halogens is 1. The van der Waals surface area contributed by atoms with Crippen molar-refractivity contribution in [1.29, 1.82) is 0 Å². The molecule has 36 heavy (non-hydrogen) atoms. The maximum Gasteiger partial charge on any atom is 0.322 e. The zero-order valence-electron chi connectivity index (χ0n) is 19.7. The Morgan fingerprint density at radius 2 is 1.61 bits per heavy atom. The van der Waals surface area contributed by atoms with Gasteiger partial charge in [-0.1, -0.05) is 64.5 Å². The summed E-state index contributed by atoms with van der Waals surface area (Å²) >= 11 is 3.46. The average Bonchev–Trinajstić information content (AvgIpc) is 3.47. The van der Waals surface area contributed by atoms with E-state index >= 15 is 0 Å². The van der Waals surface area contributed by atoms with Gasteiger partial charge in [0, 0.05) is 21.9 Å². The van der Waals surface area contributed by atoms with Gasteiger partial charge in [0.2, 0.25) is 0 Å². The number of para-hydroxylation sites is 1. The van der Waals surface area contributed by atoms with Crippen LogP contribution in [0.25, 0.3) is 11.5 Å². The number of anilines is 1. The minimum Gasteiger partial charge on any atom is -0.308 e. The van der Waals surface area contributed by atoms with Gasteiger partial charge in [0.05, 0.1) is 29.7 Å². The van der Waals surface area contributed by atoms with Crippen molar-refractivity contribution in [2.75, 3.05) is 5.32 Å². The minimum atomic E-state index is -0.285. The average molecular weight is 538 g/mol. The number of aryl methyl sites for hydroxylation is 1. The second-order valence-corrected chi connectivity index (χ2v) is 9.73. The molecular weight excluding hydrogens is 514 g/mol. The van der Waals surface area contributed by atoms with Gasteiger partial charge in [-0.2, -0.15) is 5.10 Å². The van der Waals surface area contributed by atoms with E-state index in [1.807, 2.05) is 95.4 Å². The summed E-state index contributed by atoms with van der Waals surface area (Å²) in [5, 5.41) is 8.01. The summed E-state index contributed by atoms with van der Waals surface area (Å²) in [6.07, 6.45) is 2.06.